The van der Waals surface area contributed by atoms with Gasteiger partial charge in [-0.3, -0.25) is 19.6 Å². The number of pyridine rings is 1. The molecule has 0 bridgehead atoms. The molecule has 0 saturated carbocycles. The Kier molecular flexibility index (Phi) is 9.48. The lowest BCUT2D eigenvalue weighted by Crippen LogP contribution is -2.54. The van der Waals surface area contributed by atoms with Crippen molar-refractivity contribution in [1.29, 1.82) is 0 Å². The molecular formula is C28H42N6O3. The van der Waals surface area contributed by atoms with Gasteiger partial charge in [0, 0.05) is 30.7 Å². The first-order chi connectivity index (χ1) is 17.5. The maximum atomic E-state index is 13.3. The summed E-state index contributed by atoms with van der Waals surface area (Å²) in [5.41, 5.74) is 9.82. The number of amidine groups is 1. The molecule has 2 aromatic rings. The number of carbonyl (C=O) groups is 2. The highest BCUT2D eigenvalue weighted by molar-refractivity contribution is 5.94. The van der Waals surface area contributed by atoms with Crippen molar-refractivity contribution in [2.45, 2.75) is 72.9 Å². The fourth-order valence-electron chi connectivity index (χ4n) is 4.17. The maximum absolute atomic E-state index is 13.3. The summed E-state index contributed by atoms with van der Waals surface area (Å²) in [6, 6.07) is 7.02. The molecule has 3 rings (SSSR count). The van der Waals surface area contributed by atoms with Gasteiger partial charge in [-0.1, -0.05) is 39.0 Å². The molecule has 0 unspecified atom stereocenters. The Morgan fingerprint density at radius 3 is 2.62 bits per heavy atom. The van der Waals surface area contributed by atoms with Crippen molar-refractivity contribution in [1.82, 2.24) is 20.7 Å². The van der Waals surface area contributed by atoms with Gasteiger partial charge in [0.25, 0.3) is 5.91 Å². The minimum Gasteiger partial charge on any atom is -0.477 e. The van der Waals surface area contributed by atoms with Gasteiger partial charge in [0.05, 0.1) is 11.5 Å². The van der Waals surface area contributed by atoms with E-state index < -0.39 is 17.5 Å². The van der Waals surface area contributed by atoms with Gasteiger partial charge in [-0.25, -0.2) is 10.4 Å². The van der Waals surface area contributed by atoms with Crippen molar-refractivity contribution < 1.29 is 14.3 Å². The van der Waals surface area contributed by atoms with E-state index in [0.717, 1.165) is 36.6 Å². The smallest absolute Gasteiger partial charge is 0.261 e. The van der Waals surface area contributed by atoms with Crippen molar-refractivity contribution in [3.05, 3.63) is 36.0 Å². The Morgan fingerprint density at radius 1 is 1.22 bits per heavy atom. The molecule has 9 heteroatoms. The van der Waals surface area contributed by atoms with Crippen LogP contribution < -0.4 is 21.2 Å². The summed E-state index contributed by atoms with van der Waals surface area (Å²) < 4.78 is 5.95. The Balaban J connectivity index is 1.64. The highest BCUT2D eigenvalue weighted by Gasteiger charge is 2.33. The summed E-state index contributed by atoms with van der Waals surface area (Å²) in [6.07, 6.45) is 4.74. The number of aromatic nitrogens is 1. The van der Waals surface area contributed by atoms with Gasteiger partial charge in [-0.2, -0.15) is 0 Å². The molecule has 4 N–H and O–H groups in total. The number of rotatable bonds is 10. The van der Waals surface area contributed by atoms with Gasteiger partial charge >= 0.3 is 0 Å². The van der Waals surface area contributed by atoms with Crippen molar-refractivity contribution in [3.8, 4) is 5.88 Å². The van der Waals surface area contributed by atoms with Crippen LogP contribution in [0.3, 0.4) is 0 Å². The fourth-order valence-corrected chi connectivity index (χ4v) is 4.17. The molecule has 9 nitrogen and oxygen atoms in total. The summed E-state index contributed by atoms with van der Waals surface area (Å²) in [4.78, 5) is 34.8. The van der Waals surface area contributed by atoms with Gasteiger partial charge < -0.3 is 15.8 Å². The summed E-state index contributed by atoms with van der Waals surface area (Å²) >= 11 is 0. The van der Waals surface area contributed by atoms with Crippen LogP contribution in [-0.2, 0) is 16.0 Å². The van der Waals surface area contributed by atoms with Gasteiger partial charge in [-0.05, 0) is 56.9 Å². The average Bonchev–Trinajstić information content (AvgIpc) is 2.89. The minimum atomic E-state index is -0.853. The Labute approximate surface area is 220 Å². The number of carbonyl (C=O) groups excluding carboxylic acids is 2. The van der Waals surface area contributed by atoms with E-state index in [-0.39, 0.29) is 30.2 Å². The van der Waals surface area contributed by atoms with Crippen LogP contribution in [-0.4, -0.2) is 59.4 Å². The number of benzene rings is 1. The number of hydrazine groups is 1. The number of hydrogen-bond donors (Lipinski definition) is 3. The molecule has 0 radical (unpaired) electrons. The molecule has 1 aromatic heterocycles. The number of ether oxygens (including phenoxy) is 1. The van der Waals surface area contributed by atoms with Crippen LogP contribution in [0.1, 0.15) is 59.9 Å². The number of fused-ring (bicyclic) bond motifs is 1. The zero-order chi connectivity index (χ0) is 27.2. The number of aryl methyl sites for hydroxylation is 1. The third-order valence-electron chi connectivity index (χ3n) is 6.71. The molecule has 1 aromatic carbocycles. The quantitative estimate of drug-likeness (QED) is 0.333. The van der Waals surface area contributed by atoms with Crippen LogP contribution in [0.15, 0.2) is 35.5 Å². The van der Waals surface area contributed by atoms with Gasteiger partial charge in [0.2, 0.25) is 11.8 Å². The van der Waals surface area contributed by atoms with Crippen molar-refractivity contribution in [2.75, 3.05) is 19.7 Å². The highest BCUT2D eigenvalue weighted by atomic mass is 16.5. The van der Waals surface area contributed by atoms with Crippen LogP contribution in [0, 0.1) is 11.3 Å². The third-order valence-corrected chi connectivity index (χ3v) is 6.71. The van der Waals surface area contributed by atoms with E-state index in [2.05, 4.69) is 45.8 Å². The Hall–Kier alpha value is -3.20. The number of nitrogens with one attached hydrogen (secondary N) is 2. The van der Waals surface area contributed by atoms with Crippen LogP contribution in [0.5, 0.6) is 5.88 Å². The van der Waals surface area contributed by atoms with Crippen LogP contribution in [0.4, 0.5) is 0 Å². The van der Waals surface area contributed by atoms with E-state index in [4.69, 9.17) is 10.5 Å². The second kappa shape index (κ2) is 12.4. The van der Waals surface area contributed by atoms with Gasteiger partial charge in [0.1, 0.15) is 18.5 Å². The van der Waals surface area contributed by atoms with Crippen molar-refractivity contribution in [3.63, 3.8) is 0 Å². The van der Waals surface area contributed by atoms with Crippen molar-refractivity contribution in [2.24, 2.45) is 22.1 Å². The number of hydrogen-bond acceptors (Lipinski definition) is 6. The van der Waals surface area contributed by atoms with E-state index in [1.165, 1.54) is 5.56 Å². The molecule has 1 aliphatic rings. The summed E-state index contributed by atoms with van der Waals surface area (Å²) in [5, 5.41) is 6.73. The standard InChI is InChI=1S/C28H42N6O3/c1-7-20-10-11-21-16-30-23(15-22(21)14-20)37-17-28(5,6)27(36)33-24(18(2)3)25(29)32-19(4)26(35)34-13-9-8-12-31-34/h10-11,14-16,18-19,24,31H,7-9,12-13,17H2,1-6H3,(H2,29,32)(H,33,36)/t19-,24-/m0/s1. The minimum absolute atomic E-state index is 0.0188. The normalized spacial score (nSPS) is 16.5. The van der Waals surface area contributed by atoms with Gasteiger partial charge in [-0.15, -0.1) is 0 Å². The predicted molar refractivity (Wildman–Crippen MR) is 147 cm³/mol. The molecule has 202 valence electrons. The zero-order valence-electron chi connectivity index (χ0n) is 23.0. The first-order valence-corrected chi connectivity index (χ1v) is 13.2. The van der Waals surface area contributed by atoms with Crippen molar-refractivity contribution >= 4 is 28.4 Å². The Bertz CT molecular complexity index is 1120. The SMILES string of the molecule is CCc1ccc2cnc(OCC(C)(C)C(=O)N[C@H](C(N)=N[C@@H](C)C(=O)N3CCCCN3)C(C)C)cc2c1. The van der Waals surface area contributed by atoms with E-state index >= 15 is 0 Å². The fraction of sp³-hybridized carbons (Fsp3) is 0.571. The molecule has 1 aliphatic heterocycles. The average molecular weight is 511 g/mol. The number of nitrogens with zero attached hydrogens (tertiary/aromatic N) is 3. The first-order valence-electron chi connectivity index (χ1n) is 13.2. The molecule has 0 spiro atoms. The van der Waals surface area contributed by atoms with Crippen LogP contribution in [0.2, 0.25) is 0 Å². The highest BCUT2D eigenvalue weighted by Crippen LogP contribution is 2.23. The summed E-state index contributed by atoms with van der Waals surface area (Å²) in [7, 11) is 0. The third kappa shape index (κ3) is 7.41. The summed E-state index contributed by atoms with van der Waals surface area (Å²) in [6.45, 7) is 13.0. The monoisotopic (exact) mass is 510 g/mol. The molecule has 1 fully saturated rings. The van der Waals surface area contributed by atoms with Crippen LogP contribution >= 0.6 is 0 Å². The summed E-state index contributed by atoms with van der Waals surface area (Å²) in [5.74, 6) is 0.353. The van der Waals surface area contributed by atoms with Gasteiger partial charge in [0.15, 0.2) is 0 Å². The molecule has 2 atom stereocenters. The number of aliphatic imine (C=N–C) groups is 1. The second-order valence-corrected chi connectivity index (χ2v) is 10.8. The topological polar surface area (TPSA) is 122 Å². The molecule has 37 heavy (non-hydrogen) atoms. The first kappa shape index (κ1) is 28.4. The van der Waals surface area contributed by atoms with Crippen LogP contribution in [0.25, 0.3) is 10.8 Å². The lowest BCUT2D eigenvalue weighted by Gasteiger charge is -2.30. The predicted octanol–water partition coefficient (Wildman–Crippen LogP) is 3.22. The molecule has 1 saturated heterocycles. The zero-order valence-corrected chi connectivity index (χ0v) is 23.0. The molecule has 2 heterocycles. The molecule has 0 aliphatic carbocycles. The maximum Gasteiger partial charge on any atom is 0.261 e. The van der Waals surface area contributed by atoms with E-state index in [9.17, 15) is 9.59 Å². The number of amides is 2. The largest absolute Gasteiger partial charge is 0.477 e. The lowest BCUT2D eigenvalue weighted by molar-refractivity contribution is -0.136. The molecular weight excluding hydrogens is 468 g/mol. The van der Waals surface area contributed by atoms with E-state index in [0.29, 0.717) is 12.4 Å². The lowest BCUT2D eigenvalue weighted by atomic mass is 9.92. The molecule has 2 amide bonds. The van der Waals surface area contributed by atoms with E-state index in [1.807, 2.05) is 33.8 Å². The Morgan fingerprint density at radius 2 is 1.97 bits per heavy atom. The number of nitrogens with two attached hydrogens (primary N) is 1. The van der Waals surface area contributed by atoms with E-state index in [1.54, 1.807) is 18.1 Å². The second-order valence-electron chi connectivity index (χ2n) is 10.8.